The maximum absolute atomic E-state index is 8.78. The maximum Gasteiger partial charge on any atom is 0.142 e. The van der Waals surface area contributed by atoms with E-state index in [9.17, 15) is 0 Å². The molecular formula is C17H28N2O2. The van der Waals surface area contributed by atoms with Crippen LogP contribution in [0.15, 0.2) is 18.2 Å². The molecule has 1 fully saturated rings. The summed E-state index contributed by atoms with van der Waals surface area (Å²) in [5.41, 5.74) is 2.43. The summed E-state index contributed by atoms with van der Waals surface area (Å²) >= 11 is 0. The number of aliphatic hydroxyl groups is 1. The molecule has 2 rings (SSSR count). The Labute approximate surface area is 128 Å². The zero-order chi connectivity index (χ0) is 15.1. The number of ether oxygens (including phenoxy) is 1. The summed E-state index contributed by atoms with van der Waals surface area (Å²) in [5, 5.41) is 12.1. The van der Waals surface area contributed by atoms with Crippen LogP contribution >= 0.6 is 0 Å². The van der Waals surface area contributed by atoms with Gasteiger partial charge >= 0.3 is 0 Å². The summed E-state index contributed by atoms with van der Waals surface area (Å²) in [6.45, 7) is 6.45. The van der Waals surface area contributed by atoms with Crippen molar-refractivity contribution in [1.29, 1.82) is 0 Å². The van der Waals surface area contributed by atoms with Crippen LogP contribution in [0.5, 0.6) is 5.75 Å². The topological polar surface area (TPSA) is 44.7 Å². The Morgan fingerprint density at radius 1 is 1.33 bits per heavy atom. The highest BCUT2D eigenvalue weighted by molar-refractivity contribution is 5.60. The Morgan fingerprint density at radius 2 is 2.10 bits per heavy atom. The molecule has 0 saturated carbocycles. The first-order valence-corrected chi connectivity index (χ1v) is 7.98. The molecule has 1 aromatic rings. The highest BCUT2D eigenvalue weighted by atomic mass is 16.5. The molecule has 0 aromatic heterocycles. The van der Waals surface area contributed by atoms with Crippen molar-refractivity contribution in [1.82, 2.24) is 5.32 Å². The summed E-state index contributed by atoms with van der Waals surface area (Å²) in [4.78, 5) is 2.43. The molecule has 4 heteroatoms. The van der Waals surface area contributed by atoms with Crippen molar-refractivity contribution in [3.63, 3.8) is 0 Å². The summed E-state index contributed by atoms with van der Waals surface area (Å²) in [7, 11) is 1.74. The molecule has 1 aliphatic heterocycles. The van der Waals surface area contributed by atoms with Gasteiger partial charge in [-0.2, -0.15) is 0 Å². The fourth-order valence-electron chi connectivity index (χ4n) is 2.78. The third kappa shape index (κ3) is 4.61. The smallest absolute Gasteiger partial charge is 0.142 e. The number of nitrogens with zero attached hydrogens (tertiary/aromatic N) is 1. The molecule has 1 aliphatic rings. The lowest BCUT2D eigenvalue weighted by atomic mass is 9.98. The number of benzene rings is 1. The van der Waals surface area contributed by atoms with Crippen molar-refractivity contribution in [2.24, 2.45) is 5.92 Å². The fraction of sp³-hybridized carbons (Fsp3) is 0.647. The normalized spacial score (nSPS) is 16.2. The van der Waals surface area contributed by atoms with Crippen LogP contribution in [-0.2, 0) is 6.54 Å². The SMILES string of the molecule is COc1cc(CNCCCO)ccc1N1CCC(C)CC1. The van der Waals surface area contributed by atoms with Gasteiger partial charge in [0.15, 0.2) is 0 Å². The lowest BCUT2D eigenvalue weighted by molar-refractivity contribution is 0.286. The average Bonchev–Trinajstić information content (AvgIpc) is 2.52. The van der Waals surface area contributed by atoms with Crippen LogP contribution < -0.4 is 15.0 Å². The van der Waals surface area contributed by atoms with Crippen molar-refractivity contribution in [2.45, 2.75) is 32.7 Å². The second kappa shape index (κ2) is 8.25. The molecular weight excluding hydrogens is 264 g/mol. The van der Waals surface area contributed by atoms with Gasteiger partial charge in [0.2, 0.25) is 0 Å². The molecule has 1 heterocycles. The van der Waals surface area contributed by atoms with E-state index < -0.39 is 0 Å². The predicted octanol–water partition coefficient (Wildman–Crippen LogP) is 2.40. The molecule has 0 aliphatic carbocycles. The Morgan fingerprint density at radius 3 is 2.76 bits per heavy atom. The average molecular weight is 292 g/mol. The van der Waals surface area contributed by atoms with Crippen molar-refractivity contribution in [2.75, 3.05) is 38.3 Å². The summed E-state index contributed by atoms with van der Waals surface area (Å²) < 4.78 is 5.58. The number of piperidine rings is 1. The number of methoxy groups -OCH3 is 1. The Kier molecular flexibility index (Phi) is 6.33. The van der Waals surface area contributed by atoms with E-state index in [1.54, 1.807) is 7.11 Å². The first-order valence-electron chi connectivity index (χ1n) is 7.98. The second-order valence-electron chi connectivity index (χ2n) is 5.93. The Hall–Kier alpha value is -1.26. The molecule has 0 amide bonds. The van der Waals surface area contributed by atoms with Crippen LogP contribution in [0.2, 0.25) is 0 Å². The summed E-state index contributed by atoms with van der Waals surface area (Å²) in [6, 6.07) is 6.47. The van der Waals surface area contributed by atoms with Gasteiger partial charge in [-0.25, -0.2) is 0 Å². The van der Waals surface area contributed by atoms with Gasteiger partial charge in [-0.05, 0) is 49.4 Å². The quantitative estimate of drug-likeness (QED) is 0.758. The van der Waals surface area contributed by atoms with E-state index in [1.165, 1.54) is 24.1 Å². The first kappa shape index (κ1) is 16.1. The molecule has 118 valence electrons. The number of hydrogen-bond acceptors (Lipinski definition) is 4. The zero-order valence-electron chi connectivity index (χ0n) is 13.3. The van der Waals surface area contributed by atoms with Crippen LogP contribution in [0.4, 0.5) is 5.69 Å². The standard InChI is InChI=1S/C17H28N2O2/c1-14-6-9-19(10-7-14)16-5-4-15(12-17(16)21-2)13-18-8-3-11-20/h4-5,12,14,18,20H,3,6-11,13H2,1-2H3. The van der Waals surface area contributed by atoms with Crippen molar-refractivity contribution < 1.29 is 9.84 Å². The number of rotatable bonds is 7. The van der Waals surface area contributed by atoms with Gasteiger partial charge in [0.25, 0.3) is 0 Å². The Bertz CT molecular complexity index is 429. The number of nitrogens with one attached hydrogen (secondary N) is 1. The van der Waals surface area contributed by atoms with Gasteiger partial charge in [-0.3, -0.25) is 0 Å². The van der Waals surface area contributed by atoms with Gasteiger partial charge in [0.1, 0.15) is 5.75 Å². The molecule has 0 radical (unpaired) electrons. The zero-order valence-corrected chi connectivity index (χ0v) is 13.3. The van der Waals surface area contributed by atoms with Gasteiger partial charge in [0, 0.05) is 26.2 Å². The van der Waals surface area contributed by atoms with Gasteiger partial charge in [-0.15, -0.1) is 0 Å². The lowest BCUT2D eigenvalue weighted by Gasteiger charge is -2.33. The largest absolute Gasteiger partial charge is 0.495 e. The van der Waals surface area contributed by atoms with Gasteiger partial charge in [0.05, 0.1) is 12.8 Å². The molecule has 0 atom stereocenters. The predicted molar refractivity (Wildman–Crippen MR) is 87.0 cm³/mol. The highest BCUT2D eigenvalue weighted by Crippen LogP contribution is 2.32. The van der Waals surface area contributed by atoms with Gasteiger partial charge < -0.3 is 20.1 Å². The molecule has 4 nitrogen and oxygen atoms in total. The summed E-state index contributed by atoms with van der Waals surface area (Å²) in [6.07, 6.45) is 3.31. The molecule has 0 unspecified atom stereocenters. The molecule has 2 N–H and O–H groups in total. The van der Waals surface area contributed by atoms with Crippen molar-refractivity contribution in [3.05, 3.63) is 23.8 Å². The number of anilines is 1. The van der Waals surface area contributed by atoms with E-state index >= 15 is 0 Å². The lowest BCUT2D eigenvalue weighted by Crippen LogP contribution is -2.33. The van der Waals surface area contributed by atoms with Gasteiger partial charge in [-0.1, -0.05) is 13.0 Å². The number of hydrogen-bond donors (Lipinski definition) is 2. The first-order chi connectivity index (χ1) is 10.2. The van der Waals surface area contributed by atoms with Crippen LogP contribution in [0.1, 0.15) is 31.7 Å². The van der Waals surface area contributed by atoms with Crippen LogP contribution in [0, 0.1) is 5.92 Å². The maximum atomic E-state index is 8.78. The van der Waals surface area contributed by atoms with Crippen LogP contribution in [0.25, 0.3) is 0 Å². The van der Waals surface area contributed by atoms with E-state index in [4.69, 9.17) is 9.84 Å². The molecule has 1 aromatic carbocycles. The minimum Gasteiger partial charge on any atom is -0.495 e. The van der Waals surface area contributed by atoms with E-state index in [0.29, 0.717) is 0 Å². The highest BCUT2D eigenvalue weighted by Gasteiger charge is 2.18. The Balaban J connectivity index is 1.99. The molecule has 1 saturated heterocycles. The van der Waals surface area contributed by atoms with Crippen molar-refractivity contribution >= 4 is 5.69 Å². The van der Waals surface area contributed by atoms with E-state index in [0.717, 1.165) is 44.3 Å². The summed E-state index contributed by atoms with van der Waals surface area (Å²) in [5.74, 6) is 1.80. The molecule has 0 spiro atoms. The van der Waals surface area contributed by atoms with Crippen LogP contribution in [0.3, 0.4) is 0 Å². The minimum atomic E-state index is 0.239. The molecule has 0 bridgehead atoms. The minimum absolute atomic E-state index is 0.239. The van der Waals surface area contributed by atoms with E-state index in [-0.39, 0.29) is 6.61 Å². The third-order valence-corrected chi connectivity index (χ3v) is 4.21. The molecule has 21 heavy (non-hydrogen) atoms. The monoisotopic (exact) mass is 292 g/mol. The van der Waals surface area contributed by atoms with Crippen LogP contribution in [-0.4, -0.2) is 38.5 Å². The third-order valence-electron chi connectivity index (χ3n) is 4.21. The second-order valence-corrected chi connectivity index (χ2v) is 5.93. The number of aliphatic hydroxyl groups excluding tert-OH is 1. The van der Waals surface area contributed by atoms with E-state index in [1.807, 2.05) is 0 Å². The van der Waals surface area contributed by atoms with Crippen molar-refractivity contribution in [3.8, 4) is 5.75 Å². The van der Waals surface area contributed by atoms with E-state index in [2.05, 4.69) is 35.3 Å². The fourth-order valence-corrected chi connectivity index (χ4v) is 2.78.